The molecule has 4 rings (SSSR count). The number of halogens is 2. The molecule has 2 heterocycles. The summed E-state index contributed by atoms with van der Waals surface area (Å²) in [5.74, 6) is 0. The molecule has 0 bridgehead atoms. The molecule has 2 atom stereocenters. The molecule has 0 aliphatic carbocycles. The van der Waals surface area contributed by atoms with Gasteiger partial charge in [0.1, 0.15) is 0 Å². The van der Waals surface area contributed by atoms with Crippen LogP contribution < -0.4 is 15.4 Å². The number of likely N-dealkylation sites (tertiary alicyclic amines) is 1. The van der Waals surface area contributed by atoms with E-state index in [0.717, 1.165) is 16.3 Å². The smallest absolute Gasteiger partial charge is 0.319 e. The number of rotatable bonds is 7. The van der Waals surface area contributed by atoms with Gasteiger partial charge in [0.05, 0.1) is 21.6 Å². The maximum atomic E-state index is 12.9. The van der Waals surface area contributed by atoms with Crippen LogP contribution in [0.1, 0.15) is 11.4 Å². The molecule has 36 heavy (non-hydrogen) atoms. The van der Waals surface area contributed by atoms with E-state index in [9.17, 15) is 18.5 Å². The number of aryl methyl sites for hydroxylation is 1. The van der Waals surface area contributed by atoms with Crippen LogP contribution in [-0.2, 0) is 10.0 Å². The molecular formula is C23H22Br2N6O3S2. The largest absolute Gasteiger partial charge is 0.336 e. The summed E-state index contributed by atoms with van der Waals surface area (Å²) < 4.78 is 29.6. The molecule has 3 aromatic rings. The number of hydrogen-bond acceptors (Lipinski definition) is 7. The van der Waals surface area contributed by atoms with Crippen molar-refractivity contribution in [1.29, 1.82) is 5.26 Å². The first-order valence-corrected chi connectivity index (χ1v) is 14.8. The summed E-state index contributed by atoms with van der Waals surface area (Å²) in [6.07, 6.45) is 2.47. The maximum Gasteiger partial charge on any atom is 0.319 e. The van der Waals surface area contributed by atoms with Crippen LogP contribution in [0.2, 0.25) is 0 Å². The number of nitrogens with zero attached hydrogens (tertiary/aromatic N) is 3. The van der Waals surface area contributed by atoms with Crippen molar-refractivity contribution in [3.63, 3.8) is 0 Å². The Hall–Kier alpha value is -2.50. The van der Waals surface area contributed by atoms with Crippen LogP contribution in [0.4, 0.5) is 10.5 Å². The van der Waals surface area contributed by atoms with E-state index in [1.165, 1.54) is 11.0 Å². The highest BCUT2D eigenvalue weighted by Gasteiger charge is 2.35. The normalized spacial score (nSPS) is 17.6. The van der Waals surface area contributed by atoms with Crippen molar-refractivity contribution in [3.05, 3.63) is 61.8 Å². The lowest BCUT2D eigenvalue weighted by Gasteiger charge is -2.18. The molecule has 1 saturated heterocycles. The topological polar surface area (TPSA) is 127 Å². The lowest BCUT2D eigenvalue weighted by atomic mass is 10.1. The molecule has 2 aromatic carbocycles. The van der Waals surface area contributed by atoms with Gasteiger partial charge in [-0.2, -0.15) is 5.26 Å². The minimum atomic E-state index is -3.82. The molecule has 188 valence electrons. The van der Waals surface area contributed by atoms with Crippen LogP contribution >= 0.6 is 43.2 Å². The van der Waals surface area contributed by atoms with E-state index >= 15 is 0 Å². The van der Waals surface area contributed by atoms with Crippen molar-refractivity contribution in [2.45, 2.75) is 30.3 Å². The third kappa shape index (κ3) is 6.43. The fourth-order valence-electron chi connectivity index (χ4n) is 3.92. The number of benzene rings is 2. The number of carbonyl (C=O) groups is 1. The quantitative estimate of drug-likeness (QED) is 0.318. The number of sulfonamides is 1. The van der Waals surface area contributed by atoms with E-state index in [-0.39, 0.29) is 24.0 Å². The highest BCUT2D eigenvalue weighted by atomic mass is 79.9. The molecule has 3 N–H and O–H groups in total. The number of nitriles is 1. The number of nitrogens with one attached hydrogen (secondary N) is 3. The predicted molar refractivity (Wildman–Crippen MR) is 146 cm³/mol. The number of anilines is 1. The second-order valence-corrected chi connectivity index (χ2v) is 12.7. The molecular weight excluding hydrogens is 632 g/mol. The van der Waals surface area contributed by atoms with Crippen molar-refractivity contribution in [3.8, 4) is 17.5 Å². The summed E-state index contributed by atoms with van der Waals surface area (Å²) in [6, 6.07) is 11.0. The maximum absolute atomic E-state index is 12.9. The van der Waals surface area contributed by atoms with Crippen LogP contribution in [0, 0.1) is 18.4 Å². The fraction of sp³-hybridized carbons (Fsp3) is 0.261. The minimum absolute atomic E-state index is 0.108. The van der Waals surface area contributed by atoms with Crippen LogP contribution in [0.25, 0.3) is 11.3 Å². The summed E-state index contributed by atoms with van der Waals surface area (Å²) in [5.41, 5.74) is 2.36. The molecule has 1 fully saturated rings. The number of hydrogen-bond donors (Lipinski definition) is 3. The van der Waals surface area contributed by atoms with E-state index in [4.69, 9.17) is 0 Å². The molecule has 9 nitrogen and oxygen atoms in total. The molecule has 13 heteroatoms. The van der Waals surface area contributed by atoms with Crippen molar-refractivity contribution in [2.75, 3.05) is 18.4 Å². The monoisotopic (exact) mass is 652 g/mol. The Labute approximate surface area is 230 Å². The fourth-order valence-corrected chi connectivity index (χ4v) is 7.29. The summed E-state index contributed by atoms with van der Waals surface area (Å²) in [4.78, 5) is 18.6. The molecule has 1 aliphatic rings. The first-order valence-electron chi connectivity index (χ1n) is 10.9. The highest BCUT2D eigenvalue weighted by Crippen LogP contribution is 2.27. The van der Waals surface area contributed by atoms with Gasteiger partial charge in [-0.05, 0) is 59.6 Å². The zero-order valence-corrected chi connectivity index (χ0v) is 23.8. The zero-order chi connectivity index (χ0) is 25.9. The Bertz CT molecular complexity index is 1420. The van der Waals surface area contributed by atoms with Gasteiger partial charge in [0, 0.05) is 44.7 Å². The average molecular weight is 654 g/mol. The van der Waals surface area contributed by atoms with Gasteiger partial charge < -0.3 is 15.5 Å². The van der Waals surface area contributed by atoms with Gasteiger partial charge in [0.25, 0.3) is 0 Å². The van der Waals surface area contributed by atoms with E-state index in [0.29, 0.717) is 21.1 Å². The first kappa shape index (κ1) is 26.6. The van der Waals surface area contributed by atoms with Crippen LogP contribution in [0.5, 0.6) is 0 Å². The molecule has 0 saturated carbocycles. The molecule has 2 amide bonds. The van der Waals surface area contributed by atoms with Gasteiger partial charge in [-0.3, -0.25) is 0 Å². The van der Waals surface area contributed by atoms with Crippen LogP contribution in [0.15, 0.2) is 61.7 Å². The lowest BCUT2D eigenvalue weighted by Crippen LogP contribution is -2.39. The van der Waals surface area contributed by atoms with Gasteiger partial charge in [-0.15, -0.1) is 11.3 Å². The molecule has 1 aromatic heterocycles. The van der Waals surface area contributed by atoms with Gasteiger partial charge in [-0.1, -0.05) is 28.1 Å². The van der Waals surface area contributed by atoms with Crippen molar-refractivity contribution in [1.82, 2.24) is 19.9 Å². The van der Waals surface area contributed by atoms with Crippen molar-refractivity contribution >= 4 is 64.9 Å². The van der Waals surface area contributed by atoms with E-state index in [2.05, 4.69) is 58.4 Å². The molecule has 1 aliphatic heterocycles. The van der Waals surface area contributed by atoms with Crippen LogP contribution in [-0.4, -0.2) is 49.5 Å². The van der Waals surface area contributed by atoms with Crippen molar-refractivity contribution in [2.24, 2.45) is 0 Å². The summed E-state index contributed by atoms with van der Waals surface area (Å²) in [5, 5.41) is 18.1. The summed E-state index contributed by atoms with van der Waals surface area (Å²) >= 11 is 8.13. The molecule has 0 spiro atoms. The second-order valence-electron chi connectivity index (χ2n) is 8.20. The number of carbonyl (C=O) groups excluding carboxylic acids is 1. The highest BCUT2D eigenvalue weighted by molar-refractivity contribution is 9.11. The van der Waals surface area contributed by atoms with Crippen LogP contribution in [0.3, 0.4) is 0 Å². The Balaban J connectivity index is 1.34. The van der Waals surface area contributed by atoms with Gasteiger partial charge in [0.2, 0.25) is 10.0 Å². The van der Waals surface area contributed by atoms with Gasteiger partial charge in [-0.25, -0.2) is 22.9 Å². The van der Waals surface area contributed by atoms with E-state index in [1.807, 2.05) is 30.5 Å². The Morgan fingerprint density at radius 2 is 2.08 bits per heavy atom. The number of thiazole rings is 1. The predicted octanol–water partition coefficient (Wildman–Crippen LogP) is 4.67. The lowest BCUT2D eigenvalue weighted by molar-refractivity contribution is 0.248. The third-order valence-electron chi connectivity index (χ3n) is 5.58. The van der Waals surface area contributed by atoms with Gasteiger partial charge >= 0.3 is 6.03 Å². The Morgan fingerprint density at radius 1 is 1.28 bits per heavy atom. The zero-order valence-electron chi connectivity index (χ0n) is 19.0. The van der Waals surface area contributed by atoms with Crippen molar-refractivity contribution < 1.29 is 13.2 Å². The Morgan fingerprint density at radius 3 is 2.81 bits per heavy atom. The van der Waals surface area contributed by atoms with Gasteiger partial charge in [0.15, 0.2) is 6.19 Å². The Kier molecular flexibility index (Phi) is 8.31. The standard InChI is InChI=1S/C23H22Br2N6O3S2/c1-14-28-21(12-35-14)15-3-2-4-17(7-15)29-23(32)27-10-19-9-18(11-31(19)13-26)30-36(33,34)22-8-16(24)5-6-20(22)25/h2-8,12,18-19,30H,9-11H2,1H3,(H2,27,29,32). The summed E-state index contributed by atoms with van der Waals surface area (Å²) in [7, 11) is -3.82. The SMILES string of the molecule is Cc1nc(-c2cccc(NC(=O)NCC3CC(NS(=O)(=O)c4cc(Br)ccc4Br)CN3C#N)c2)cs1. The number of amides is 2. The first-order chi connectivity index (χ1) is 17.1. The average Bonchev–Trinajstić information content (AvgIpc) is 3.44. The van der Waals surface area contributed by atoms with E-state index in [1.54, 1.807) is 29.5 Å². The second kappa shape index (κ2) is 11.3. The number of aromatic nitrogens is 1. The third-order valence-corrected chi connectivity index (χ3v) is 9.36. The number of urea groups is 1. The molecule has 0 radical (unpaired) electrons. The summed E-state index contributed by atoms with van der Waals surface area (Å²) in [6.45, 7) is 2.33. The molecule has 2 unspecified atom stereocenters. The minimum Gasteiger partial charge on any atom is -0.336 e. The van der Waals surface area contributed by atoms with E-state index < -0.39 is 22.1 Å².